The lowest BCUT2D eigenvalue weighted by atomic mass is 9.77. The Morgan fingerprint density at radius 1 is 1.15 bits per heavy atom. The molecule has 0 aromatic carbocycles. The van der Waals surface area contributed by atoms with Crippen LogP contribution in [0.25, 0.3) is 6.08 Å². The third-order valence-corrected chi connectivity index (χ3v) is 5.55. The lowest BCUT2D eigenvalue weighted by Crippen LogP contribution is -2.64. The predicted molar refractivity (Wildman–Crippen MR) is 101 cm³/mol. The maximum absolute atomic E-state index is 12.5. The van der Waals surface area contributed by atoms with Gasteiger partial charge in [0.2, 0.25) is 5.91 Å². The highest BCUT2D eigenvalue weighted by Gasteiger charge is 2.42. The second-order valence-corrected chi connectivity index (χ2v) is 7.16. The number of pyridine rings is 2. The molecule has 3 saturated heterocycles. The van der Waals surface area contributed by atoms with Crippen molar-refractivity contribution >= 4 is 12.0 Å². The molecule has 2 bridgehead atoms. The third kappa shape index (κ3) is 3.83. The van der Waals surface area contributed by atoms with E-state index in [1.807, 2.05) is 30.5 Å². The number of nitrogens with zero attached hydrogens (tertiary/aromatic N) is 3. The Hall–Kier alpha value is -2.53. The normalized spacial score (nSPS) is 27.5. The number of nitrogens with one attached hydrogen (secondary N) is 1. The van der Waals surface area contributed by atoms with E-state index in [0.717, 1.165) is 25.1 Å². The van der Waals surface area contributed by atoms with Gasteiger partial charge in [-0.25, -0.2) is 0 Å². The molecular weight excluding hydrogens is 324 g/mol. The summed E-state index contributed by atoms with van der Waals surface area (Å²) in [6, 6.07) is 8.46. The molecule has 2 aromatic heterocycles. The summed E-state index contributed by atoms with van der Waals surface area (Å²) < 4.78 is 0. The van der Waals surface area contributed by atoms with Gasteiger partial charge >= 0.3 is 0 Å². The predicted octanol–water partition coefficient (Wildman–Crippen LogP) is 2.31. The van der Waals surface area contributed by atoms with Gasteiger partial charge in [0.25, 0.3) is 0 Å². The first kappa shape index (κ1) is 16.9. The summed E-state index contributed by atoms with van der Waals surface area (Å²) in [6.45, 7) is 2.26. The largest absolute Gasteiger partial charge is 0.348 e. The first-order valence-corrected chi connectivity index (χ1v) is 9.31. The van der Waals surface area contributed by atoms with Crippen molar-refractivity contribution in [2.75, 3.05) is 13.1 Å². The highest BCUT2D eigenvalue weighted by molar-refractivity contribution is 5.91. The number of carbonyl (C=O) groups is 1. The van der Waals surface area contributed by atoms with Gasteiger partial charge in [0.05, 0.1) is 0 Å². The smallest absolute Gasteiger partial charge is 0.244 e. The number of aromatic nitrogens is 2. The zero-order chi connectivity index (χ0) is 17.8. The molecule has 2 aromatic rings. The van der Waals surface area contributed by atoms with Gasteiger partial charge in [-0.1, -0.05) is 12.1 Å². The Balaban J connectivity index is 1.45. The van der Waals surface area contributed by atoms with Crippen LogP contribution in [0.4, 0.5) is 0 Å². The molecule has 0 aliphatic carbocycles. The lowest BCUT2D eigenvalue weighted by Gasteiger charge is -2.51. The van der Waals surface area contributed by atoms with Gasteiger partial charge in [-0.15, -0.1) is 0 Å². The topological polar surface area (TPSA) is 58.1 Å². The van der Waals surface area contributed by atoms with Crippen LogP contribution in [-0.2, 0) is 11.2 Å². The maximum atomic E-state index is 12.5. The molecule has 134 valence electrons. The number of fused-ring (bicyclic) bond motifs is 3. The molecular formula is C21H24N4O. The number of carbonyl (C=O) groups excluding carboxylic acids is 1. The van der Waals surface area contributed by atoms with Crippen molar-refractivity contribution in [2.24, 2.45) is 5.92 Å². The fraction of sp³-hybridized carbons (Fsp3) is 0.381. The summed E-state index contributed by atoms with van der Waals surface area (Å²) >= 11 is 0. The van der Waals surface area contributed by atoms with E-state index < -0.39 is 0 Å². The molecule has 1 amide bonds. The molecule has 0 unspecified atom stereocenters. The van der Waals surface area contributed by atoms with Crippen LogP contribution in [0.2, 0.25) is 0 Å². The van der Waals surface area contributed by atoms with Gasteiger partial charge in [-0.2, -0.15) is 0 Å². The third-order valence-electron chi connectivity index (χ3n) is 5.55. The van der Waals surface area contributed by atoms with E-state index in [0.29, 0.717) is 12.0 Å². The molecule has 0 radical (unpaired) electrons. The van der Waals surface area contributed by atoms with E-state index in [9.17, 15) is 4.79 Å². The first-order chi connectivity index (χ1) is 12.8. The Kier molecular flexibility index (Phi) is 5.07. The van der Waals surface area contributed by atoms with Crippen LogP contribution in [0.15, 0.2) is 55.1 Å². The Morgan fingerprint density at radius 3 is 2.62 bits per heavy atom. The molecule has 3 fully saturated rings. The summed E-state index contributed by atoms with van der Waals surface area (Å²) in [6.07, 6.45) is 13.9. The number of hydrogen-bond donors (Lipinski definition) is 1. The maximum Gasteiger partial charge on any atom is 0.244 e. The quantitative estimate of drug-likeness (QED) is 0.843. The van der Waals surface area contributed by atoms with Gasteiger partial charge in [-0.05, 0) is 67.6 Å². The average molecular weight is 348 g/mol. The molecule has 5 heteroatoms. The standard InChI is InChI=1S/C21H24N4O/c26-20(6-5-16-3-1-9-22-14-16)24-21-18-7-11-25(12-8-18)19(21)13-17-4-2-10-23-15-17/h1-6,9-10,14-15,18-19,21H,7-8,11-13H2,(H,24,26)/b6-5+/t19-,21+/m1/s1. The van der Waals surface area contributed by atoms with Crippen molar-refractivity contribution in [3.63, 3.8) is 0 Å². The Labute approximate surface area is 154 Å². The second-order valence-electron chi connectivity index (χ2n) is 7.16. The minimum Gasteiger partial charge on any atom is -0.348 e. The van der Waals surface area contributed by atoms with E-state index in [1.165, 1.54) is 18.4 Å². The fourth-order valence-electron chi connectivity index (χ4n) is 4.24. The van der Waals surface area contributed by atoms with Crippen LogP contribution >= 0.6 is 0 Å². The summed E-state index contributed by atoms with van der Waals surface area (Å²) in [7, 11) is 0. The molecule has 3 aliphatic heterocycles. The average Bonchev–Trinajstić information content (AvgIpc) is 2.70. The van der Waals surface area contributed by atoms with Crippen molar-refractivity contribution < 1.29 is 4.79 Å². The number of amides is 1. The Morgan fingerprint density at radius 2 is 1.92 bits per heavy atom. The Bertz CT molecular complexity index is 754. The molecule has 5 rings (SSSR count). The van der Waals surface area contributed by atoms with E-state index in [1.54, 1.807) is 24.7 Å². The van der Waals surface area contributed by atoms with E-state index in [2.05, 4.69) is 26.3 Å². The number of hydrogen-bond acceptors (Lipinski definition) is 4. The van der Waals surface area contributed by atoms with Gasteiger partial charge in [0, 0.05) is 42.9 Å². The second kappa shape index (κ2) is 7.79. The molecule has 5 heterocycles. The van der Waals surface area contributed by atoms with Gasteiger partial charge in [0.15, 0.2) is 0 Å². The van der Waals surface area contributed by atoms with E-state index in [-0.39, 0.29) is 11.9 Å². The minimum absolute atomic E-state index is 0.0243. The van der Waals surface area contributed by atoms with Crippen LogP contribution in [0, 0.1) is 5.92 Å². The number of rotatable bonds is 5. The molecule has 5 nitrogen and oxygen atoms in total. The monoisotopic (exact) mass is 348 g/mol. The van der Waals surface area contributed by atoms with Crippen molar-refractivity contribution in [3.8, 4) is 0 Å². The van der Waals surface area contributed by atoms with Gasteiger partial charge in [0.1, 0.15) is 0 Å². The van der Waals surface area contributed by atoms with Gasteiger partial charge in [-0.3, -0.25) is 19.7 Å². The molecule has 26 heavy (non-hydrogen) atoms. The van der Waals surface area contributed by atoms with E-state index >= 15 is 0 Å². The van der Waals surface area contributed by atoms with E-state index in [4.69, 9.17) is 0 Å². The highest BCUT2D eigenvalue weighted by atomic mass is 16.1. The molecule has 0 spiro atoms. The van der Waals surface area contributed by atoms with Gasteiger partial charge < -0.3 is 5.32 Å². The molecule has 3 aliphatic rings. The zero-order valence-electron chi connectivity index (χ0n) is 14.8. The highest BCUT2D eigenvalue weighted by Crippen LogP contribution is 2.33. The molecule has 2 atom stereocenters. The lowest BCUT2D eigenvalue weighted by molar-refractivity contribution is -0.119. The minimum atomic E-state index is -0.0243. The first-order valence-electron chi connectivity index (χ1n) is 9.31. The fourth-order valence-corrected chi connectivity index (χ4v) is 4.24. The van der Waals surface area contributed by atoms with Crippen molar-refractivity contribution in [1.82, 2.24) is 20.2 Å². The van der Waals surface area contributed by atoms with Crippen LogP contribution in [0.3, 0.4) is 0 Å². The summed E-state index contributed by atoms with van der Waals surface area (Å²) in [5, 5.41) is 3.28. The van der Waals surface area contributed by atoms with Crippen LogP contribution in [-0.4, -0.2) is 45.9 Å². The molecule has 1 N–H and O–H groups in total. The van der Waals surface area contributed by atoms with Crippen molar-refractivity contribution in [3.05, 3.63) is 66.3 Å². The zero-order valence-corrected chi connectivity index (χ0v) is 14.8. The SMILES string of the molecule is O=C(/C=C/c1cccnc1)N[C@H]1C2CCN(CC2)[C@@H]1Cc1cccnc1. The van der Waals surface area contributed by atoms with Crippen LogP contribution in [0.5, 0.6) is 0 Å². The van der Waals surface area contributed by atoms with Crippen LogP contribution < -0.4 is 5.32 Å². The number of piperidine rings is 3. The van der Waals surface area contributed by atoms with Crippen molar-refractivity contribution in [2.45, 2.75) is 31.3 Å². The molecule has 0 saturated carbocycles. The summed E-state index contributed by atoms with van der Waals surface area (Å²) in [5.74, 6) is 0.543. The van der Waals surface area contributed by atoms with Crippen LogP contribution in [0.1, 0.15) is 24.0 Å². The summed E-state index contributed by atoms with van der Waals surface area (Å²) in [4.78, 5) is 23.4. The summed E-state index contributed by atoms with van der Waals surface area (Å²) in [5.41, 5.74) is 2.17. The van der Waals surface area contributed by atoms with Crippen molar-refractivity contribution in [1.29, 1.82) is 0 Å².